The Kier molecular flexibility index (Phi) is 10.3. The van der Waals surface area contributed by atoms with Crippen molar-refractivity contribution in [1.29, 1.82) is 0 Å². The van der Waals surface area contributed by atoms with Gasteiger partial charge in [0, 0.05) is 6.42 Å². The molecule has 0 amide bonds. The summed E-state index contributed by atoms with van der Waals surface area (Å²) in [6.45, 7) is 0.909. The number of rotatable bonds is 7. The summed E-state index contributed by atoms with van der Waals surface area (Å²) in [5.74, 6) is 0. The summed E-state index contributed by atoms with van der Waals surface area (Å²) < 4.78 is 79.0. The molecule has 0 saturated heterocycles. The van der Waals surface area contributed by atoms with Crippen LogP contribution in [0.15, 0.2) is 54.6 Å². The Morgan fingerprint density at radius 1 is 0.806 bits per heavy atom. The van der Waals surface area contributed by atoms with Crippen molar-refractivity contribution in [3.63, 3.8) is 0 Å². The fraction of sp³-hybridized carbons (Fsp3) is 0.364. The Labute approximate surface area is 209 Å². The molecule has 1 nitrogen and oxygen atoms in total. The van der Waals surface area contributed by atoms with Crippen LogP contribution in [0.25, 0.3) is 5.57 Å². The third-order valence-electron chi connectivity index (χ3n) is 4.69. The van der Waals surface area contributed by atoms with E-state index in [9.17, 15) is 26.3 Å². The second-order valence-electron chi connectivity index (χ2n) is 7.69. The summed E-state index contributed by atoms with van der Waals surface area (Å²) in [6, 6.07) is 9.39. The molecular weight excluding hydrogens is 646 g/mol. The largest absolute Gasteiger partial charge is 1.00 e. The third kappa shape index (κ3) is 8.56. The zero-order chi connectivity index (χ0) is 22.6. The number of quaternary nitrogens is 1. The topological polar surface area (TPSA) is 0 Å². The fourth-order valence-corrected chi connectivity index (χ4v) is 3.25. The summed E-state index contributed by atoms with van der Waals surface area (Å²) in [4.78, 5) is 0. The van der Waals surface area contributed by atoms with Crippen LogP contribution in [0.5, 0.6) is 0 Å². The van der Waals surface area contributed by atoms with Gasteiger partial charge in [-0.2, -0.15) is 26.3 Å². The highest BCUT2D eigenvalue weighted by atomic mass is 127. The van der Waals surface area contributed by atoms with Gasteiger partial charge in [-0.1, -0.05) is 30.3 Å². The summed E-state index contributed by atoms with van der Waals surface area (Å²) in [5, 5.41) is 0. The number of alkyl halides is 7. The molecule has 0 spiro atoms. The number of hydrogen-bond acceptors (Lipinski definition) is 0. The van der Waals surface area contributed by atoms with Gasteiger partial charge in [0.15, 0.2) is 0 Å². The SMILES string of the molecule is C[N+](C)(CI)CCCC=C(c1ccc(C(F)(F)F)cc1)c1ccc(C(F)(F)F)cc1.[I-]. The summed E-state index contributed by atoms with van der Waals surface area (Å²) >= 11 is 2.31. The quantitative estimate of drug-likeness (QED) is 0.103. The summed E-state index contributed by atoms with van der Waals surface area (Å²) in [7, 11) is 4.20. The molecule has 2 aromatic rings. The van der Waals surface area contributed by atoms with E-state index < -0.39 is 23.5 Å². The predicted octanol–water partition coefficient (Wildman–Crippen LogP) is 4.41. The molecule has 0 aliphatic heterocycles. The molecule has 31 heavy (non-hydrogen) atoms. The van der Waals surface area contributed by atoms with Gasteiger partial charge < -0.3 is 28.5 Å². The average Bonchev–Trinajstić information content (AvgIpc) is 2.67. The van der Waals surface area contributed by atoms with E-state index in [0.29, 0.717) is 23.1 Å². The van der Waals surface area contributed by atoms with Crippen molar-refractivity contribution in [3.05, 3.63) is 76.9 Å². The van der Waals surface area contributed by atoms with Crippen molar-refractivity contribution in [2.24, 2.45) is 0 Å². The highest BCUT2D eigenvalue weighted by molar-refractivity contribution is 14.1. The van der Waals surface area contributed by atoms with E-state index in [0.717, 1.165) is 46.3 Å². The van der Waals surface area contributed by atoms with Crippen LogP contribution < -0.4 is 24.0 Å². The lowest BCUT2D eigenvalue weighted by Crippen LogP contribution is -3.00. The van der Waals surface area contributed by atoms with E-state index in [1.165, 1.54) is 24.3 Å². The monoisotopic (exact) mass is 669 g/mol. The van der Waals surface area contributed by atoms with Crippen LogP contribution in [0.3, 0.4) is 0 Å². The summed E-state index contributed by atoms with van der Waals surface area (Å²) in [5.41, 5.74) is 0.159. The van der Waals surface area contributed by atoms with Gasteiger partial charge in [-0.15, -0.1) is 0 Å². The van der Waals surface area contributed by atoms with Gasteiger partial charge in [0.1, 0.15) is 4.55 Å². The van der Waals surface area contributed by atoms with E-state index in [-0.39, 0.29) is 24.0 Å². The van der Waals surface area contributed by atoms with Crippen LogP contribution >= 0.6 is 22.6 Å². The Morgan fingerprint density at radius 2 is 1.19 bits per heavy atom. The molecule has 0 aliphatic rings. The lowest BCUT2D eigenvalue weighted by Gasteiger charge is -2.26. The Bertz CT molecular complexity index is 794. The van der Waals surface area contributed by atoms with Gasteiger partial charge in [-0.3, -0.25) is 0 Å². The molecule has 2 rings (SSSR count). The molecule has 0 radical (unpaired) electrons. The number of allylic oxidation sites excluding steroid dienone is 1. The van der Waals surface area contributed by atoms with Gasteiger partial charge in [0.2, 0.25) is 0 Å². The van der Waals surface area contributed by atoms with Gasteiger partial charge in [0.25, 0.3) is 0 Å². The van der Waals surface area contributed by atoms with Crippen LogP contribution in [0.1, 0.15) is 35.1 Å². The maximum Gasteiger partial charge on any atom is 0.416 e. The first kappa shape index (κ1) is 28.2. The third-order valence-corrected chi connectivity index (χ3v) is 6.53. The molecule has 172 valence electrons. The Morgan fingerprint density at radius 3 is 1.52 bits per heavy atom. The molecule has 0 aliphatic carbocycles. The smallest absolute Gasteiger partial charge is 0.416 e. The zero-order valence-corrected chi connectivity index (χ0v) is 21.3. The number of halogens is 8. The Hall–Kier alpha value is -0.820. The number of hydrogen-bond donors (Lipinski definition) is 0. The molecule has 2 aromatic carbocycles. The standard InChI is InChI=1S/C22H23F6IN.HI/c1-30(2,15-29)14-4-3-5-20(16-6-10-18(11-7-16)21(23,24)25)17-8-12-19(13-9-17)22(26,27)28;/h5-13H,3-4,14-15H2,1-2H3;1H/q+1;/p-1. The van der Waals surface area contributed by atoms with Gasteiger partial charge in [-0.05, 0) is 70.0 Å². The first-order valence-electron chi connectivity index (χ1n) is 9.27. The maximum atomic E-state index is 12.9. The second-order valence-corrected chi connectivity index (χ2v) is 8.37. The molecule has 0 bridgehead atoms. The van der Waals surface area contributed by atoms with Crippen LogP contribution in [-0.4, -0.2) is 29.7 Å². The van der Waals surface area contributed by atoms with Crippen molar-refractivity contribution in [1.82, 2.24) is 0 Å². The van der Waals surface area contributed by atoms with Crippen molar-refractivity contribution in [2.45, 2.75) is 25.2 Å². The lowest BCUT2D eigenvalue weighted by atomic mass is 9.94. The zero-order valence-electron chi connectivity index (χ0n) is 17.0. The molecule has 0 aromatic heterocycles. The van der Waals surface area contributed by atoms with E-state index in [2.05, 4.69) is 36.7 Å². The van der Waals surface area contributed by atoms with Gasteiger partial charge in [-0.25, -0.2) is 0 Å². The molecule has 0 atom stereocenters. The van der Waals surface area contributed by atoms with Crippen molar-refractivity contribution < 1.29 is 54.8 Å². The molecule has 0 heterocycles. The average molecular weight is 669 g/mol. The maximum absolute atomic E-state index is 12.9. The van der Waals surface area contributed by atoms with Gasteiger partial charge in [0.05, 0.1) is 31.8 Å². The minimum absolute atomic E-state index is 0. The molecule has 9 heteroatoms. The minimum atomic E-state index is -4.44. The number of benzene rings is 2. The van der Waals surface area contributed by atoms with Crippen molar-refractivity contribution >= 4 is 28.2 Å². The normalized spacial score (nSPS) is 12.3. The molecule has 0 saturated carbocycles. The Balaban J connectivity index is 0.00000480. The van der Waals surface area contributed by atoms with E-state index >= 15 is 0 Å². The first-order valence-corrected chi connectivity index (χ1v) is 10.8. The highest BCUT2D eigenvalue weighted by Gasteiger charge is 2.31. The van der Waals surface area contributed by atoms with Crippen molar-refractivity contribution in [3.8, 4) is 0 Å². The minimum Gasteiger partial charge on any atom is -1.00 e. The van der Waals surface area contributed by atoms with E-state index in [1.54, 1.807) is 0 Å². The van der Waals surface area contributed by atoms with Crippen molar-refractivity contribution in [2.75, 3.05) is 25.2 Å². The number of nitrogens with zero attached hydrogens (tertiary/aromatic N) is 1. The highest BCUT2D eigenvalue weighted by Crippen LogP contribution is 2.33. The first-order chi connectivity index (χ1) is 13.8. The molecule has 0 unspecified atom stereocenters. The molecular formula is C22H23F6I2N. The van der Waals surface area contributed by atoms with Crippen LogP contribution in [-0.2, 0) is 12.4 Å². The fourth-order valence-electron chi connectivity index (χ4n) is 2.91. The van der Waals surface area contributed by atoms with E-state index in [4.69, 9.17) is 0 Å². The summed E-state index contributed by atoms with van der Waals surface area (Å²) in [6.07, 6.45) is -5.49. The number of unbranched alkanes of at least 4 members (excludes halogenated alkanes) is 1. The van der Waals surface area contributed by atoms with Crippen LogP contribution in [0.2, 0.25) is 0 Å². The predicted molar refractivity (Wildman–Crippen MR) is 115 cm³/mol. The molecule has 0 fully saturated rings. The van der Waals surface area contributed by atoms with Crippen LogP contribution in [0.4, 0.5) is 26.3 Å². The molecule has 0 N–H and O–H groups in total. The van der Waals surface area contributed by atoms with E-state index in [1.807, 2.05) is 6.08 Å². The van der Waals surface area contributed by atoms with Gasteiger partial charge >= 0.3 is 12.4 Å². The second kappa shape index (κ2) is 11.4. The lowest BCUT2D eigenvalue weighted by molar-refractivity contribution is -0.874. The van der Waals surface area contributed by atoms with Crippen LogP contribution in [0, 0.1) is 0 Å².